The molecule has 1 aromatic heterocycles. The molecule has 0 fully saturated rings. The van der Waals surface area contributed by atoms with Crippen LogP contribution >= 0.6 is 0 Å². The third-order valence-corrected chi connectivity index (χ3v) is 4.85. The molecule has 1 heterocycles. The highest BCUT2D eigenvalue weighted by molar-refractivity contribution is 5.95. The van der Waals surface area contributed by atoms with E-state index < -0.39 is 5.41 Å². The van der Waals surface area contributed by atoms with Gasteiger partial charge in [-0.3, -0.25) is 9.59 Å². The number of nitrogens with zero attached hydrogens (tertiary/aromatic N) is 3. The van der Waals surface area contributed by atoms with Crippen molar-refractivity contribution < 1.29 is 9.59 Å². The zero-order chi connectivity index (χ0) is 22.7. The fourth-order valence-electron chi connectivity index (χ4n) is 3.17. The molecular weight excluding hydrogens is 376 g/mol. The molecule has 0 atom stereocenters. The van der Waals surface area contributed by atoms with Gasteiger partial charge in [0.15, 0.2) is 0 Å². The summed E-state index contributed by atoms with van der Waals surface area (Å²) in [6.07, 6.45) is 0.796. The minimum absolute atomic E-state index is 0.0216. The highest BCUT2D eigenvalue weighted by Gasteiger charge is 2.29. The van der Waals surface area contributed by atoms with Crippen LogP contribution in [0.2, 0.25) is 0 Å². The Hall–Kier alpha value is -2.63. The third kappa shape index (κ3) is 5.71. The molecule has 0 unspecified atom stereocenters. The van der Waals surface area contributed by atoms with E-state index in [9.17, 15) is 9.59 Å². The zero-order valence-corrected chi connectivity index (χ0v) is 19.7. The summed E-state index contributed by atoms with van der Waals surface area (Å²) in [6.45, 7) is 16.5. The van der Waals surface area contributed by atoms with Gasteiger partial charge < -0.3 is 10.2 Å². The molecule has 0 saturated heterocycles. The van der Waals surface area contributed by atoms with E-state index in [1.165, 1.54) is 0 Å². The molecule has 6 nitrogen and oxygen atoms in total. The highest BCUT2D eigenvalue weighted by Crippen LogP contribution is 2.27. The first-order valence-corrected chi connectivity index (χ1v) is 10.6. The molecular formula is C24H36N4O2. The fourth-order valence-corrected chi connectivity index (χ4v) is 3.17. The molecule has 0 saturated carbocycles. The maximum Gasteiger partial charge on any atom is 0.245 e. The minimum Gasteiger partial charge on any atom is -0.333 e. The van der Waals surface area contributed by atoms with Crippen LogP contribution in [0.3, 0.4) is 0 Å². The molecule has 6 heteroatoms. The van der Waals surface area contributed by atoms with Crippen LogP contribution in [0.4, 0.5) is 5.82 Å². The Morgan fingerprint density at radius 1 is 1.10 bits per heavy atom. The molecule has 0 radical (unpaired) electrons. The molecule has 2 amide bonds. The van der Waals surface area contributed by atoms with E-state index in [4.69, 9.17) is 5.10 Å². The predicted molar refractivity (Wildman–Crippen MR) is 122 cm³/mol. The number of rotatable bonds is 6. The van der Waals surface area contributed by atoms with Crippen molar-refractivity contribution in [2.24, 2.45) is 5.41 Å². The number of benzene rings is 1. The Morgan fingerprint density at radius 3 is 2.27 bits per heavy atom. The smallest absolute Gasteiger partial charge is 0.245 e. The van der Waals surface area contributed by atoms with Crippen LogP contribution in [-0.2, 0) is 15.0 Å². The van der Waals surface area contributed by atoms with Gasteiger partial charge in [-0.05, 0) is 25.0 Å². The number of aromatic nitrogens is 2. The summed E-state index contributed by atoms with van der Waals surface area (Å²) in [7, 11) is 0. The lowest BCUT2D eigenvalue weighted by atomic mass is 9.92. The van der Waals surface area contributed by atoms with Crippen molar-refractivity contribution in [1.29, 1.82) is 0 Å². The summed E-state index contributed by atoms with van der Waals surface area (Å²) >= 11 is 0. The van der Waals surface area contributed by atoms with Crippen molar-refractivity contribution in [3.63, 3.8) is 0 Å². The number of amides is 2. The van der Waals surface area contributed by atoms with Gasteiger partial charge >= 0.3 is 0 Å². The van der Waals surface area contributed by atoms with Gasteiger partial charge in [0.05, 0.1) is 17.9 Å². The van der Waals surface area contributed by atoms with Crippen LogP contribution in [0.15, 0.2) is 30.3 Å². The lowest BCUT2D eigenvalue weighted by Crippen LogP contribution is -2.44. The van der Waals surface area contributed by atoms with Crippen LogP contribution in [0.5, 0.6) is 0 Å². The van der Waals surface area contributed by atoms with Crippen LogP contribution in [-0.4, -0.2) is 39.6 Å². The van der Waals surface area contributed by atoms with Gasteiger partial charge in [0.1, 0.15) is 5.82 Å². The normalized spacial score (nSPS) is 12.0. The van der Waals surface area contributed by atoms with Crippen molar-refractivity contribution in [2.75, 3.05) is 18.4 Å². The summed E-state index contributed by atoms with van der Waals surface area (Å²) in [5, 5.41) is 7.77. The molecule has 0 aliphatic carbocycles. The van der Waals surface area contributed by atoms with Crippen LogP contribution in [0.1, 0.15) is 66.1 Å². The second-order valence-electron chi connectivity index (χ2n) is 9.89. The summed E-state index contributed by atoms with van der Waals surface area (Å²) < 4.78 is 1.78. The quantitative estimate of drug-likeness (QED) is 0.748. The maximum absolute atomic E-state index is 12.9. The van der Waals surface area contributed by atoms with Gasteiger partial charge in [0, 0.05) is 23.4 Å². The van der Waals surface area contributed by atoms with Gasteiger partial charge in [-0.1, -0.05) is 66.7 Å². The lowest BCUT2D eigenvalue weighted by molar-refractivity contribution is -0.141. The second kappa shape index (κ2) is 9.02. The third-order valence-electron chi connectivity index (χ3n) is 4.85. The molecule has 0 aliphatic heterocycles. The number of aryl methyl sites for hydroxylation is 1. The average molecular weight is 413 g/mol. The lowest BCUT2D eigenvalue weighted by Gasteiger charge is -2.28. The number of para-hydroxylation sites is 1. The fraction of sp³-hybridized carbons (Fsp3) is 0.542. The summed E-state index contributed by atoms with van der Waals surface area (Å²) in [6, 6.07) is 9.85. The number of nitrogens with one attached hydrogen (secondary N) is 1. The molecule has 1 aromatic carbocycles. The van der Waals surface area contributed by atoms with E-state index in [2.05, 4.69) is 26.1 Å². The number of hydrogen-bond donors (Lipinski definition) is 1. The Morgan fingerprint density at radius 2 is 1.73 bits per heavy atom. The molecule has 2 rings (SSSR count). The number of carbonyl (C=O) groups excluding carboxylic acids is 2. The summed E-state index contributed by atoms with van der Waals surface area (Å²) in [5.74, 6) is 0.359. The van der Waals surface area contributed by atoms with E-state index in [0.29, 0.717) is 12.4 Å². The number of anilines is 1. The summed E-state index contributed by atoms with van der Waals surface area (Å²) in [5.41, 5.74) is 2.17. The van der Waals surface area contributed by atoms with Crippen molar-refractivity contribution in [3.05, 3.63) is 41.6 Å². The molecule has 2 aromatic rings. The van der Waals surface area contributed by atoms with Crippen molar-refractivity contribution in [1.82, 2.24) is 14.7 Å². The first-order valence-electron chi connectivity index (χ1n) is 10.6. The van der Waals surface area contributed by atoms with Crippen molar-refractivity contribution in [2.45, 2.75) is 67.2 Å². The van der Waals surface area contributed by atoms with Gasteiger partial charge in [-0.15, -0.1) is 0 Å². The standard InChI is InChI=1S/C24H36N4O2/c1-9-14-27(22(30)24(6,7)8)16-21(29)25-20-15-19(23(3,4)5)26-28(20)18-13-11-10-12-17(18)2/h10-13,15H,9,14,16H2,1-8H3,(H,25,29). The van der Waals surface area contributed by atoms with E-state index in [-0.39, 0.29) is 23.8 Å². The van der Waals surface area contributed by atoms with Gasteiger partial charge in [0.25, 0.3) is 0 Å². The van der Waals surface area contributed by atoms with Crippen molar-refractivity contribution in [3.8, 4) is 5.69 Å². The molecule has 0 aliphatic rings. The Kier molecular flexibility index (Phi) is 7.11. The van der Waals surface area contributed by atoms with E-state index >= 15 is 0 Å². The minimum atomic E-state index is -0.530. The Bertz CT molecular complexity index is 901. The van der Waals surface area contributed by atoms with E-state index in [1.54, 1.807) is 9.58 Å². The molecule has 164 valence electrons. The van der Waals surface area contributed by atoms with Gasteiger partial charge in [-0.2, -0.15) is 5.10 Å². The van der Waals surface area contributed by atoms with Crippen LogP contribution in [0.25, 0.3) is 5.69 Å². The first-order chi connectivity index (χ1) is 13.8. The molecule has 30 heavy (non-hydrogen) atoms. The zero-order valence-electron chi connectivity index (χ0n) is 19.7. The SMILES string of the molecule is CCCN(CC(=O)Nc1cc(C(C)(C)C)nn1-c1ccccc1C)C(=O)C(C)(C)C. The van der Waals surface area contributed by atoms with Crippen molar-refractivity contribution >= 4 is 17.6 Å². The largest absolute Gasteiger partial charge is 0.333 e. The molecule has 0 bridgehead atoms. The van der Waals surface area contributed by atoms with Gasteiger partial charge in [0.2, 0.25) is 11.8 Å². The van der Waals surface area contributed by atoms with E-state index in [0.717, 1.165) is 23.4 Å². The molecule has 1 N–H and O–H groups in total. The average Bonchev–Trinajstić information content (AvgIpc) is 3.04. The Balaban J connectivity index is 2.34. The van der Waals surface area contributed by atoms with Crippen LogP contribution < -0.4 is 5.32 Å². The Labute approximate surface area is 180 Å². The predicted octanol–water partition coefficient (Wildman–Crippen LogP) is 4.70. The highest BCUT2D eigenvalue weighted by atomic mass is 16.2. The van der Waals surface area contributed by atoms with Crippen LogP contribution in [0, 0.1) is 12.3 Å². The maximum atomic E-state index is 12.9. The topological polar surface area (TPSA) is 67.2 Å². The number of hydrogen-bond acceptors (Lipinski definition) is 3. The monoisotopic (exact) mass is 412 g/mol. The summed E-state index contributed by atoms with van der Waals surface area (Å²) in [4.78, 5) is 27.3. The van der Waals surface area contributed by atoms with Gasteiger partial charge in [-0.25, -0.2) is 4.68 Å². The second-order valence-corrected chi connectivity index (χ2v) is 9.89. The van der Waals surface area contributed by atoms with E-state index in [1.807, 2.05) is 65.0 Å². The first kappa shape index (κ1) is 23.6. The molecule has 0 spiro atoms. The number of carbonyl (C=O) groups is 2.